The standard InChI is InChI=1S/C22H29N3O2S/c26-22(23-20-10-2-3-11-21(20)24-12-4-1-5-13-24)25(16-18-8-6-14-27-18)17-19-9-7-15-28-19/h2-3,7,9-11,15,18H,1,4-6,8,12-14,16-17H2,(H,23,26). The van der Waals surface area contributed by atoms with Crippen LogP contribution in [0.1, 0.15) is 37.0 Å². The summed E-state index contributed by atoms with van der Waals surface area (Å²) in [6.45, 7) is 4.17. The van der Waals surface area contributed by atoms with Gasteiger partial charge in [-0.3, -0.25) is 0 Å². The number of amides is 2. The molecule has 2 aliphatic heterocycles. The molecular weight excluding hydrogens is 370 g/mol. The molecule has 0 radical (unpaired) electrons. The molecule has 1 atom stereocenters. The van der Waals surface area contributed by atoms with E-state index in [1.807, 2.05) is 23.1 Å². The summed E-state index contributed by atoms with van der Waals surface area (Å²) in [5.74, 6) is 0. The molecule has 5 nitrogen and oxygen atoms in total. The average molecular weight is 400 g/mol. The summed E-state index contributed by atoms with van der Waals surface area (Å²) in [4.78, 5) is 18.7. The highest BCUT2D eigenvalue weighted by Gasteiger charge is 2.24. The van der Waals surface area contributed by atoms with Crippen molar-refractivity contribution in [2.24, 2.45) is 0 Å². The molecule has 2 amide bonds. The molecule has 0 aliphatic carbocycles. The second-order valence-corrected chi connectivity index (χ2v) is 8.62. The predicted molar refractivity (Wildman–Crippen MR) is 115 cm³/mol. The molecule has 0 bridgehead atoms. The molecule has 6 heteroatoms. The molecule has 4 rings (SSSR count). The van der Waals surface area contributed by atoms with Crippen molar-refractivity contribution in [3.8, 4) is 0 Å². The van der Waals surface area contributed by atoms with Gasteiger partial charge in [-0.2, -0.15) is 0 Å². The molecule has 150 valence electrons. The maximum absolute atomic E-state index is 13.2. The molecule has 28 heavy (non-hydrogen) atoms. The number of carbonyl (C=O) groups excluding carboxylic acids is 1. The summed E-state index contributed by atoms with van der Waals surface area (Å²) in [5, 5.41) is 5.25. The summed E-state index contributed by atoms with van der Waals surface area (Å²) < 4.78 is 5.80. The predicted octanol–water partition coefficient (Wildman–Crippen LogP) is 4.95. The van der Waals surface area contributed by atoms with Crippen molar-refractivity contribution in [1.29, 1.82) is 0 Å². The minimum atomic E-state index is -0.0478. The van der Waals surface area contributed by atoms with Crippen LogP contribution in [0.2, 0.25) is 0 Å². The molecule has 2 aliphatic rings. The molecule has 1 unspecified atom stereocenters. The van der Waals surface area contributed by atoms with E-state index in [4.69, 9.17) is 4.74 Å². The van der Waals surface area contributed by atoms with Gasteiger partial charge in [0.1, 0.15) is 0 Å². The Morgan fingerprint density at radius 2 is 2.00 bits per heavy atom. The van der Waals surface area contributed by atoms with Gasteiger partial charge >= 0.3 is 6.03 Å². The van der Waals surface area contributed by atoms with Crippen LogP contribution in [0.3, 0.4) is 0 Å². The van der Waals surface area contributed by atoms with Gasteiger partial charge in [-0.05, 0) is 55.7 Å². The summed E-state index contributed by atoms with van der Waals surface area (Å²) >= 11 is 1.69. The number of piperidine rings is 1. The normalized spacial score (nSPS) is 19.6. The molecule has 1 aromatic carbocycles. The first kappa shape index (κ1) is 19.3. The highest BCUT2D eigenvalue weighted by atomic mass is 32.1. The summed E-state index contributed by atoms with van der Waals surface area (Å²) in [6.07, 6.45) is 5.97. The smallest absolute Gasteiger partial charge is 0.322 e. The third kappa shape index (κ3) is 4.86. The first-order chi connectivity index (χ1) is 13.8. The van der Waals surface area contributed by atoms with E-state index in [-0.39, 0.29) is 12.1 Å². The van der Waals surface area contributed by atoms with Gasteiger partial charge in [0.05, 0.1) is 24.0 Å². The van der Waals surface area contributed by atoms with E-state index < -0.39 is 0 Å². The maximum Gasteiger partial charge on any atom is 0.322 e. The number of nitrogens with one attached hydrogen (secondary N) is 1. The lowest BCUT2D eigenvalue weighted by atomic mass is 10.1. The molecule has 1 aromatic heterocycles. The number of ether oxygens (including phenoxy) is 1. The zero-order chi connectivity index (χ0) is 19.2. The number of hydrogen-bond acceptors (Lipinski definition) is 4. The second kappa shape index (κ2) is 9.43. The highest BCUT2D eigenvalue weighted by molar-refractivity contribution is 7.09. The van der Waals surface area contributed by atoms with Crippen molar-refractivity contribution in [3.63, 3.8) is 0 Å². The lowest BCUT2D eigenvalue weighted by molar-refractivity contribution is 0.0821. The van der Waals surface area contributed by atoms with Gasteiger partial charge in [0, 0.05) is 31.1 Å². The number of anilines is 2. The fraction of sp³-hybridized carbons (Fsp3) is 0.500. The Kier molecular flexibility index (Phi) is 6.49. The van der Waals surface area contributed by atoms with Crippen LogP contribution >= 0.6 is 11.3 Å². The molecule has 3 heterocycles. The Bertz CT molecular complexity index is 753. The largest absolute Gasteiger partial charge is 0.376 e. The number of carbonyl (C=O) groups is 1. The van der Waals surface area contributed by atoms with Crippen molar-refractivity contribution in [1.82, 2.24) is 4.90 Å². The minimum Gasteiger partial charge on any atom is -0.376 e. The van der Waals surface area contributed by atoms with E-state index in [1.54, 1.807) is 11.3 Å². The number of rotatable bonds is 6. The fourth-order valence-corrected chi connectivity index (χ4v) is 4.75. The van der Waals surface area contributed by atoms with Crippen molar-refractivity contribution < 1.29 is 9.53 Å². The number of thiophene rings is 1. The third-order valence-corrected chi connectivity index (χ3v) is 6.37. The van der Waals surface area contributed by atoms with Crippen LogP contribution in [0, 0.1) is 0 Å². The minimum absolute atomic E-state index is 0.0478. The Labute approximate surface area is 171 Å². The first-order valence-electron chi connectivity index (χ1n) is 10.3. The summed E-state index contributed by atoms with van der Waals surface area (Å²) in [7, 11) is 0. The maximum atomic E-state index is 13.2. The van der Waals surface area contributed by atoms with Crippen LogP contribution in [-0.2, 0) is 11.3 Å². The number of benzene rings is 1. The van der Waals surface area contributed by atoms with Crippen LogP contribution < -0.4 is 10.2 Å². The van der Waals surface area contributed by atoms with Crippen LogP contribution in [0.4, 0.5) is 16.2 Å². The number of hydrogen-bond donors (Lipinski definition) is 1. The van der Waals surface area contributed by atoms with Gasteiger partial charge in [0.15, 0.2) is 0 Å². The lowest BCUT2D eigenvalue weighted by Gasteiger charge is -2.31. The van der Waals surface area contributed by atoms with Crippen molar-refractivity contribution in [3.05, 3.63) is 46.7 Å². The van der Waals surface area contributed by atoms with Gasteiger partial charge < -0.3 is 19.9 Å². The van der Waals surface area contributed by atoms with Crippen molar-refractivity contribution >= 4 is 28.7 Å². The number of nitrogens with zero attached hydrogens (tertiary/aromatic N) is 2. The third-order valence-electron chi connectivity index (χ3n) is 5.50. The molecule has 2 saturated heterocycles. The van der Waals surface area contributed by atoms with Gasteiger partial charge in [-0.25, -0.2) is 4.79 Å². The van der Waals surface area contributed by atoms with E-state index in [1.165, 1.54) is 24.1 Å². The highest BCUT2D eigenvalue weighted by Crippen LogP contribution is 2.29. The molecule has 1 N–H and O–H groups in total. The lowest BCUT2D eigenvalue weighted by Crippen LogP contribution is -2.40. The van der Waals surface area contributed by atoms with Crippen LogP contribution in [0.25, 0.3) is 0 Å². The van der Waals surface area contributed by atoms with Crippen LogP contribution in [0.15, 0.2) is 41.8 Å². The average Bonchev–Trinajstić information content (AvgIpc) is 3.43. The van der Waals surface area contributed by atoms with Crippen LogP contribution in [-0.4, -0.2) is 43.3 Å². The molecule has 2 fully saturated rings. The quantitative estimate of drug-likeness (QED) is 0.747. The molecular formula is C22H29N3O2S. The first-order valence-corrected chi connectivity index (χ1v) is 11.2. The Morgan fingerprint density at radius 1 is 1.14 bits per heavy atom. The Balaban J connectivity index is 1.48. The van der Waals surface area contributed by atoms with E-state index in [0.29, 0.717) is 13.1 Å². The van der Waals surface area contributed by atoms with E-state index >= 15 is 0 Å². The molecule has 2 aromatic rings. The zero-order valence-corrected chi connectivity index (χ0v) is 17.1. The van der Waals surface area contributed by atoms with Gasteiger partial charge in [-0.15, -0.1) is 11.3 Å². The van der Waals surface area contributed by atoms with Gasteiger partial charge in [-0.1, -0.05) is 18.2 Å². The van der Waals surface area contributed by atoms with E-state index in [0.717, 1.165) is 43.9 Å². The van der Waals surface area contributed by atoms with E-state index in [9.17, 15) is 4.79 Å². The van der Waals surface area contributed by atoms with Crippen molar-refractivity contribution in [2.45, 2.75) is 44.8 Å². The fourth-order valence-electron chi connectivity index (χ4n) is 4.03. The topological polar surface area (TPSA) is 44.8 Å². The van der Waals surface area contributed by atoms with Gasteiger partial charge in [0.2, 0.25) is 0 Å². The molecule has 0 saturated carbocycles. The Morgan fingerprint density at radius 3 is 2.75 bits per heavy atom. The SMILES string of the molecule is O=C(Nc1ccccc1N1CCCCC1)N(Cc1cccs1)CC1CCCO1. The van der Waals surface area contributed by atoms with E-state index in [2.05, 4.69) is 33.8 Å². The zero-order valence-electron chi connectivity index (χ0n) is 16.3. The number of para-hydroxylation sites is 2. The van der Waals surface area contributed by atoms with Crippen LogP contribution in [0.5, 0.6) is 0 Å². The number of urea groups is 1. The van der Waals surface area contributed by atoms with Gasteiger partial charge in [0.25, 0.3) is 0 Å². The monoisotopic (exact) mass is 399 g/mol. The molecule has 0 spiro atoms. The summed E-state index contributed by atoms with van der Waals surface area (Å²) in [6, 6.07) is 12.2. The Hall–Kier alpha value is -2.05. The van der Waals surface area contributed by atoms with Crippen molar-refractivity contribution in [2.75, 3.05) is 36.5 Å². The summed E-state index contributed by atoms with van der Waals surface area (Å²) in [5.41, 5.74) is 2.03. The second-order valence-electron chi connectivity index (χ2n) is 7.59.